The zero-order valence-corrected chi connectivity index (χ0v) is 17.9. The number of thiocarbonyl (C=S) groups is 1. The second-order valence-electron chi connectivity index (χ2n) is 7.29. The van der Waals surface area contributed by atoms with Crippen LogP contribution in [0.25, 0.3) is 0 Å². The average molecular weight is 412 g/mol. The molecule has 1 aliphatic rings. The number of unbranched alkanes of at least 4 members (excludes halogenated alkanes) is 1. The highest BCUT2D eigenvalue weighted by Gasteiger charge is 2.18. The summed E-state index contributed by atoms with van der Waals surface area (Å²) >= 11 is 5.25. The van der Waals surface area contributed by atoms with E-state index in [2.05, 4.69) is 31.2 Å². The SMILES string of the molecule is Cc1cccc(Oc2ccccc2OC(=S)OCCCC[N+]2(C)C=CN=C2)c1C. The number of quaternary nitrogens is 1. The van der Waals surface area contributed by atoms with E-state index in [1.54, 1.807) is 0 Å². The molecule has 0 aromatic heterocycles. The van der Waals surface area contributed by atoms with E-state index in [0.29, 0.717) is 18.1 Å². The van der Waals surface area contributed by atoms with Gasteiger partial charge in [0.1, 0.15) is 11.9 Å². The van der Waals surface area contributed by atoms with E-state index in [0.717, 1.165) is 35.2 Å². The molecule has 152 valence electrons. The largest absolute Gasteiger partial charge is 0.457 e. The van der Waals surface area contributed by atoms with Crippen LogP contribution >= 0.6 is 12.2 Å². The summed E-state index contributed by atoms with van der Waals surface area (Å²) in [4.78, 5) is 4.14. The molecule has 0 fully saturated rings. The summed E-state index contributed by atoms with van der Waals surface area (Å²) < 4.78 is 18.1. The number of ether oxygens (including phenoxy) is 3. The van der Waals surface area contributed by atoms with Crippen LogP contribution in [0.4, 0.5) is 0 Å². The number of aryl methyl sites for hydroxylation is 1. The Morgan fingerprint density at radius 1 is 1.00 bits per heavy atom. The van der Waals surface area contributed by atoms with E-state index in [1.807, 2.05) is 55.9 Å². The van der Waals surface area contributed by atoms with Crippen molar-refractivity contribution in [3.8, 4) is 17.2 Å². The molecule has 0 spiro atoms. The standard InChI is InChI=1S/C23H27N2O3S/c1-18-9-8-12-20(19(18)2)27-21-10-4-5-11-22(21)28-23(29)26-16-7-6-14-25(3)15-13-24-17-25/h4-5,8-13,15,17H,6-7,14,16H2,1-3H3/q+1. The van der Waals surface area contributed by atoms with Crippen molar-refractivity contribution in [1.29, 1.82) is 0 Å². The summed E-state index contributed by atoms with van der Waals surface area (Å²) in [5, 5.41) is 0.102. The fourth-order valence-corrected chi connectivity index (χ4v) is 3.13. The van der Waals surface area contributed by atoms with Crippen molar-refractivity contribution in [2.75, 3.05) is 20.2 Å². The van der Waals surface area contributed by atoms with Gasteiger partial charge in [-0.05, 0) is 49.6 Å². The third kappa shape index (κ3) is 5.89. The smallest absolute Gasteiger partial charge is 0.357 e. The normalized spacial score (nSPS) is 17.3. The first-order chi connectivity index (χ1) is 14.0. The van der Waals surface area contributed by atoms with Gasteiger partial charge in [0.05, 0.1) is 26.4 Å². The number of para-hydroxylation sites is 2. The topological polar surface area (TPSA) is 40.0 Å². The van der Waals surface area contributed by atoms with Gasteiger partial charge in [0, 0.05) is 18.6 Å². The summed E-state index contributed by atoms with van der Waals surface area (Å²) in [6, 6.07) is 13.4. The molecule has 1 heterocycles. The second-order valence-corrected chi connectivity index (χ2v) is 7.62. The molecular weight excluding hydrogens is 384 g/mol. The van der Waals surface area contributed by atoms with E-state index < -0.39 is 0 Å². The molecule has 0 aliphatic carbocycles. The van der Waals surface area contributed by atoms with Crippen molar-refractivity contribution in [2.45, 2.75) is 26.7 Å². The zero-order chi connectivity index (χ0) is 20.7. The first-order valence-electron chi connectivity index (χ1n) is 9.71. The first kappa shape index (κ1) is 21.0. The molecule has 0 N–H and O–H groups in total. The van der Waals surface area contributed by atoms with Gasteiger partial charge in [0.15, 0.2) is 17.8 Å². The molecule has 0 amide bonds. The Bertz CT molecular complexity index is 912. The van der Waals surface area contributed by atoms with Crippen LogP contribution < -0.4 is 9.47 Å². The predicted molar refractivity (Wildman–Crippen MR) is 120 cm³/mol. The fourth-order valence-electron chi connectivity index (χ4n) is 2.95. The van der Waals surface area contributed by atoms with Gasteiger partial charge in [-0.25, -0.2) is 4.99 Å². The zero-order valence-electron chi connectivity index (χ0n) is 17.1. The van der Waals surface area contributed by atoms with Crippen molar-refractivity contribution >= 4 is 23.8 Å². The highest BCUT2D eigenvalue weighted by Crippen LogP contribution is 2.33. The average Bonchev–Trinajstić information content (AvgIpc) is 3.13. The van der Waals surface area contributed by atoms with Crippen molar-refractivity contribution in [3.63, 3.8) is 0 Å². The molecule has 0 saturated heterocycles. The molecule has 1 aliphatic heterocycles. The van der Waals surface area contributed by atoms with Crippen LogP contribution in [-0.4, -0.2) is 36.3 Å². The maximum atomic E-state index is 6.07. The Morgan fingerprint density at radius 2 is 1.76 bits per heavy atom. The predicted octanol–water partition coefficient (Wildman–Crippen LogP) is 5.52. The lowest BCUT2D eigenvalue weighted by Gasteiger charge is -2.21. The Kier molecular flexibility index (Phi) is 7.01. The van der Waals surface area contributed by atoms with Crippen LogP contribution in [-0.2, 0) is 4.74 Å². The summed E-state index contributed by atoms with van der Waals surface area (Å²) in [5.41, 5.74) is 2.27. The van der Waals surface area contributed by atoms with Crippen LogP contribution in [0.2, 0.25) is 0 Å². The molecule has 5 nitrogen and oxygen atoms in total. The molecule has 6 heteroatoms. The molecule has 2 aromatic rings. The molecule has 29 heavy (non-hydrogen) atoms. The molecule has 2 aromatic carbocycles. The number of benzene rings is 2. The monoisotopic (exact) mass is 411 g/mol. The number of hydrogen-bond donors (Lipinski definition) is 0. The van der Waals surface area contributed by atoms with Crippen LogP contribution in [0.5, 0.6) is 17.2 Å². The lowest BCUT2D eigenvalue weighted by molar-refractivity contribution is -0.756. The van der Waals surface area contributed by atoms with Gasteiger partial charge < -0.3 is 14.2 Å². The molecule has 1 atom stereocenters. The van der Waals surface area contributed by atoms with E-state index in [-0.39, 0.29) is 5.24 Å². The minimum atomic E-state index is 0.102. The van der Waals surface area contributed by atoms with Gasteiger partial charge >= 0.3 is 5.24 Å². The summed E-state index contributed by atoms with van der Waals surface area (Å²) in [7, 11) is 2.12. The van der Waals surface area contributed by atoms with Gasteiger partial charge in [-0.15, -0.1) is 0 Å². The summed E-state index contributed by atoms with van der Waals surface area (Å²) in [5.74, 6) is 1.93. The second kappa shape index (κ2) is 9.67. The lowest BCUT2D eigenvalue weighted by atomic mass is 10.1. The fraction of sp³-hybridized carbons (Fsp3) is 0.304. The summed E-state index contributed by atoms with van der Waals surface area (Å²) in [6.07, 6.45) is 7.72. The quantitative estimate of drug-likeness (QED) is 0.326. The Morgan fingerprint density at radius 3 is 2.52 bits per heavy atom. The third-order valence-corrected chi connectivity index (χ3v) is 5.10. The van der Waals surface area contributed by atoms with Crippen molar-refractivity contribution in [3.05, 3.63) is 66.0 Å². The third-order valence-electron chi connectivity index (χ3n) is 4.90. The van der Waals surface area contributed by atoms with E-state index >= 15 is 0 Å². The van der Waals surface area contributed by atoms with E-state index in [4.69, 9.17) is 26.4 Å². The Labute approximate surface area is 177 Å². The minimum Gasteiger partial charge on any atom is -0.457 e. The van der Waals surface area contributed by atoms with Crippen LogP contribution in [0.15, 0.2) is 59.9 Å². The highest BCUT2D eigenvalue weighted by atomic mass is 32.1. The molecule has 1 unspecified atom stereocenters. The van der Waals surface area contributed by atoms with E-state index in [1.165, 1.54) is 5.56 Å². The van der Waals surface area contributed by atoms with E-state index in [9.17, 15) is 0 Å². The number of aliphatic imine (C=N–C) groups is 1. The minimum absolute atomic E-state index is 0.102. The summed E-state index contributed by atoms with van der Waals surface area (Å²) in [6.45, 7) is 5.58. The molecular formula is C23H27N2O3S+. The van der Waals surface area contributed by atoms with Gasteiger partial charge in [-0.1, -0.05) is 24.3 Å². The van der Waals surface area contributed by atoms with Gasteiger partial charge in [0.25, 0.3) is 0 Å². The maximum absolute atomic E-state index is 6.07. The van der Waals surface area contributed by atoms with Gasteiger partial charge in [0.2, 0.25) is 0 Å². The number of hydrogen-bond acceptors (Lipinski definition) is 5. The van der Waals surface area contributed by atoms with Crippen molar-refractivity contribution < 1.29 is 18.7 Å². The Hall–Kier alpha value is -2.70. The van der Waals surface area contributed by atoms with Gasteiger partial charge in [-0.2, -0.15) is 0 Å². The number of rotatable bonds is 8. The molecule has 3 rings (SSSR count). The van der Waals surface area contributed by atoms with Crippen molar-refractivity contribution in [2.24, 2.45) is 4.99 Å². The maximum Gasteiger partial charge on any atom is 0.357 e. The number of nitrogens with zero attached hydrogens (tertiary/aromatic N) is 2. The molecule has 0 radical (unpaired) electrons. The van der Waals surface area contributed by atoms with Crippen molar-refractivity contribution in [1.82, 2.24) is 0 Å². The van der Waals surface area contributed by atoms with Crippen LogP contribution in [0, 0.1) is 13.8 Å². The molecule has 0 saturated carbocycles. The first-order valence-corrected chi connectivity index (χ1v) is 10.1. The van der Waals surface area contributed by atoms with Gasteiger partial charge in [-0.3, -0.25) is 4.48 Å². The van der Waals surface area contributed by atoms with Crippen LogP contribution in [0.3, 0.4) is 0 Å². The van der Waals surface area contributed by atoms with Crippen LogP contribution in [0.1, 0.15) is 24.0 Å². The molecule has 0 bridgehead atoms. The lowest BCUT2D eigenvalue weighted by Crippen LogP contribution is -2.35. The highest BCUT2D eigenvalue weighted by molar-refractivity contribution is 7.79. The Balaban J connectivity index is 1.49.